The molecule has 0 saturated carbocycles. The van der Waals surface area contributed by atoms with Gasteiger partial charge in [0.1, 0.15) is 11.5 Å². The molecule has 1 aromatic rings. The number of amides is 1. The Bertz CT molecular complexity index is 422. The SMILES string of the molecule is COc1cccc(OC)c1CN1C(=O)CCC1C. The molecule has 0 spiro atoms. The van der Waals surface area contributed by atoms with E-state index >= 15 is 0 Å². The predicted molar refractivity (Wildman–Crippen MR) is 68.8 cm³/mol. The van der Waals surface area contributed by atoms with Crippen LogP contribution in [-0.2, 0) is 11.3 Å². The van der Waals surface area contributed by atoms with Gasteiger partial charge in [-0.2, -0.15) is 0 Å². The second-order valence-corrected chi connectivity index (χ2v) is 4.55. The van der Waals surface area contributed by atoms with Crippen LogP contribution < -0.4 is 9.47 Å². The first-order valence-corrected chi connectivity index (χ1v) is 6.16. The normalized spacial score (nSPS) is 19.2. The van der Waals surface area contributed by atoms with E-state index in [1.165, 1.54) is 0 Å². The van der Waals surface area contributed by atoms with E-state index in [9.17, 15) is 4.79 Å². The van der Waals surface area contributed by atoms with Gasteiger partial charge in [-0.05, 0) is 25.5 Å². The Hall–Kier alpha value is -1.71. The lowest BCUT2D eigenvalue weighted by Crippen LogP contribution is -2.30. The molecule has 4 nitrogen and oxygen atoms in total. The number of hydrogen-bond acceptors (Lipinski definition) is 3. The summed E-state index contributed by atoms with van der Waals surface area (Å²) in [5.74, 6) is 1.73. The summed E-state index contributed by atoms with van der Waals surface area (Å²) in [6, 6.07) is 5.95. The summed E-state index contributed by atoms with van der Waals surface area (Å²) in [5, 5.41) is 0. The van der Waals surface area contributed by atoms with Gasteiger partial charge in [0.15, 0.2) is 0 Å². The number of likely N-dealkylation sites (tertiary alicyclic amines) is 1. The van der Waals surface area contributed by atoms with Gasteiger partial charge in [0.05, 0.1) is 26.3 Å². The summed E-state index contributed by atoms with van der Waals surface area (Å²) < 4.78 is 10.7. The van der Waals surface area contributed by atoms with Crippen LogP contribution in [-0.4, -0.2) is 31.1 Å². The van der Waals surface area contributed by atoms with Gasteiger partial charge in [-0.1, -0.05) is 6.07 Å². The predicted octanol–water partition coefficient (Wildman–Crippen LogP) is 2.21. The largest absolute Gasteiger partial charge is 0.496 e. The summed E-state index contributed by atoms with van der Waals surface area (Å²) in [5.41, 5.74) is 0.935. The van der Waals surface area contributed by atoms with E-state index in [1.807, 2.05) is 23.1 Å². The number of carbonyl (C=O) groups is 1. The second kappa shape index (κ2) is 5.29. The average molecular weight is 249 g/mol. The molecule has 1 amide bonds. The lowest BCUT2D eigenvalue weighted by atomic mass is 10.1. The van der Waals surface area contributed by atoms with Crippen LogP contribution >= 0.6 is 0 Å². The summed E-state index contributed by atoms with van der Waals surface area (Å²) in [4.78, 5) is 13.7. The maximum Gasteiger partial charge on any atom is 0.223 e. The molecule has 98 valence electrons. The minimum Gasteiger partial charge on any atom is -0.496 e. The summed E-state index contributed by atoms with van der Waals surface area (Å²) in [7, 11) is 3.26. The Morgan fingerprint density at radius 1 is 1.28 bits per heavy atom. The molecule has 0 radical (unpaired) electrons. The Balaban J connectivity index is 2.29. The maximum absolute atomic E-state index is 11.8. The molecule has 1 aliphatic rings. The first kappa shape index (κ1) is 12.7. The van der Waals surface area contributed by atoms with Crippen molar-refractivity contribution in [1.82, 2.24) is 4.90 Å². The quantitative estimate of drug-likeness (QED) is 0.821. The molecule has 1 aliphatic heterocycles. The van der Waals surface area contributed by atoms with E-state index in [4.69, 9.17) is 9.47 Å². The topological polar surface area (TPSA) is 38.8 Å². The number of ether oxygens (including phenoxy) is 2. The molecule has 1 aromatic carbocycles. The summed E-state index contributed by atoms with van der Waals surface area (Å²) in [6.07, 6.45) is 1.56. The molecule has 0 N–H and O–H groups in total. The molecule has 1 saturated heterocycles. The highest BCUT2D eigenvalue weighted by Crippen LogP contribution is 2.32. The zero-order chi connectivity index (χ0) is 13.1. The van der Waals surface area contributed by atoms with Gasteiger partial charge < -0.3 is 14.4 Å². The zero-order valence-corrected chi connectivity index (χ0v) is 11.1. The van der Waals surface area contributed by atoms with Gasteiger partial charge in [-0.3, -0.25) is 4.79 Å². The molecule has 1 atom stereocenters. The molecular weight excluding hydrogens is 230 g/mol. The highest BCUT2D eigenvalue weighted by molar-refractivity contribution is 5.78. The molecule has 0 aromatic heterocycles. The van der Waals surface area contributed by atoms with Gasteiger partial charge >= 0.3 is 0 Å². The van der Waals surface area contributed by atoms with Crippen LogP contribution in [0.15, 0.2) is 18.2 Å². The maximum atomic E-state index is 11.8. The first-order chi connectivity index (χ1) is 8.67. The van der Waals surface area contributed by atoms with Crippen LogP contribution in [0.5, 0.6) is 11.5 Å². The van der Waals surface area contributed by atoms with Crippen molar-refractivity contribution in [2.24, 2.45) is 0 Å². The van der Waals surface area contributed by atoms with Crippen molar-refractivity contribution in [2.75, 3.05) is 14.2 Å². The summed E-state index contributed by atoms with van der Waals surface area (Å²) in [6.45, 7) is 2.62. The van der Waals surface area contributed by atoms with Crippen molar-refractivity contribution in [2.45, 2.75) is 32.4 Å². The van der Waals surface area contributed by atoms with Crippen molar-refractivity contribution >= 4 is 5.91 Å². The van der Waals surface area contributed by atoms with Gasteiger partial charge in [0.25, 0.3) is 0 Å². The van der Waals surface area contributed by atoms with Crippen LogP contribution in [0.1, 0.15) is 25.3 Å². The number of carbonyl (C=O) groups excluding carboxylic acids is 1. The number of nitrogens with zero attached hydrogens (tertiary/aromatic N) is 1. The van der Waals surface area contributed by atoms with E-state index in [-0.39, 0.29) is 11.9 Å². The van der Waals surface area contributed by atoms with Gasteiger partial charge in [-0.15, -0.1) is 0 Å². The Morgan fingerprint density at radius 2 is 1.89 bits per heavy atom. The molecule has 2 rings (SSSR count). The number of hydrogen-bond donors (Lipinski definition) is 0. The van der Waals surface area contributed by atoms with Crippen molar-refractivity contribution in [3.05, 3.63) is 23.8 Å². The van der Waals surface area contributed by atoms with Crippen molar-refractivity contribution < 1.29 is 14.3 Å². The molecule has 0 aliphatic carbocycles. The minimum atomic E-state index is 0.204. The van der Waals surface area contributed by atoms with E-state index in [2.05, 4.69) is 6.92 Å². The number of benzene rings is 1. The molecule has 0 bridgehead atoms. The van der Waals surface area contributed by atoms with Crippen LogP contribution in [0.3, 0.4) is 0 Å². The van der Waals surface area contributed by atoms with Gasteiger partial charge in [0, 0.05) is 12.5 Å². The third kappa shape index (κ3) is 2.28. The molecule has 1 unspecified atom stereocenters. The van der Waals surface area contributed by atoms with Crippen LogP contribution in [0.4, 0.5) is 0 Å². The van der Waals surface area contributed by atoms with Gasteiger partial charge in [0.2, 0.25) is 5.91 Å². The fourth-order valence-corrected chi connectivity index (χ4v) is 2.38. The fraction of sp³-hybridized carbons (Fsp3) is 0.500. The molecule has 4 heteroatoms. The highest BCUT2D eigenvalue weighted by Gasteiger charge is 2.29. The van der Waals surface area contributed by atoms with E-state index in [0.29, 0.717) is 13.0 Å². The second-order valence-electron chi connectivity index (χ2n) is 4.55. The average Bonchev–Trinajstić information content (AvgIpc) is 2.70. The third-order valence-electron chi connectivity index (χ3n) is 3.49. The summed E-state index contributed by atoms with van der Waals surface area (Å²) >= 11 is 0. The lowest BCUT2D eigenvalue weighted by molar-refractivity contribution is -0.129. The standard InChI is InChI=1S/C14H19NO3/c1-10-7-8-14(16)15(10)9-11-12(17-2)5-4-6-13(11)18-3/h4-6,10H,7-9H2,1-3H3. The van der Waals surface area contributed by atoms with Crippen LogP contribution in [0, 0.1) is 0 Å². The monoisotopic (exact) mass is 249 g/mol. The molecule has 1 heterocycles. The van der Waals surface area contributed by atoms with E-state index in [0.717, 1.165) is 23.5 Å². The lowest BCUT2D eigenvalue weighted by Gasteiger charge is -2.24. The Kier molecular flexibility index (Phi) is 3.75. The van der Waals surface area contributed by atoms with Crippen molar-refractivity contribution in [3.63, 3.8) is 0 Å². The fourth-order valence-electron chi connectivity index (χ4n) is 2.38. The number of methoxy groups -OCH3 is 2. The van der Waals surface area contributed by atoms with Crippen LogP contribution in [0.25, 0.3) is 0 Å². The molecule has 18 heavy (non-hydrogen) atoms. The van der Waals surface area contributed by atoms with Crippen LogP contribution in [0.2, 0.25) is 0 Å². The van der Waals surface area contributed by atoms with Crippen molar-refractivity contribution in [1.29, 1.82) is 0 Å². The Labute approximate surface area is 107 Å². The smallest absolute Gasteiger partial charge is 0.223 e. The first-order valence-electron chi connectivity index (χ1n) is 6.16. The zero-order valence-electron chi connectivity index (χ0n) is 11.1. The van der Waals surface area contributed by atoms with Crippen molar-refractivity contribution in [3.8, 4) is 11.5 Å². The third-order valence-corrected chi connectivity index (χ3v) is 3.49. The number of rotatable bonds is 4. The molecular formula is C14H19NO3. The Morgan fingerprint density at radius 3 is 2.33 bits per heavy atom. The molecule has 1 fully saturated rings. The highest BCUT2D eigenvalue weighted by atomic mass is 16.5. The van der Waals surface area contributed by atoms with Gasteiger partial charge in [-0.25, -0.2) is 0 Å². The van der Waals surface area contributed by atoms with E-state index in [1.54, 1.807) is 14.2 Å². The van der Waals surface area contributed by atoms with E-state index < -0.39 is 0 Å². The minimum absolute atomic E-state index is 0.204.